The van der Waals surface area contributed by atoms with Gasteiger partial charge in [0.1, 0.15) is 0 Å². The largest absolute Gasteiger partial charge is 0.417 e. The topological polar surface area (TPSA) is 45.8 Å². The van der Waals surface area contributed by atoms with Crippen LogP contribution in [0, 0.1) is 0 Å². The minimum absolute atomic E-state index is 0.0496. The quantitative estimate of drug-likeness (QED) is 0.868. The number of benzene rings is 1. The highest BCUT2D eigenvalue weighted by atomic mass is 35.5. The predicted octanol–water partition coefficient (Wildman–Crippen LogP) is 3.11. The van der Waals surface area contributed by atoms with E-state index in [4.69, 9.17) is 11.6 Å². The van der Waals surface area contributed by atoms with Gasteiger partial charge in [0, 0.05) is 16.8 Å². The maximum Gasteiger partial charge on any atom is 0.417 e. The van der Waals surface area contributed by atoms with Crippen LogP contribution in [0.4, 0.5) is 13.2 Å². The summed E-state index contributed by atoms with van der Waals surface area (Å²) in [6, 6.07) is 3.22. The van der Waals surface area contributed by atoms with Gasteiger partial charge >= 0.3 is 6.18 Å². The number of alkyl halides is 3. The minimum Gasteiger partial charge on any atom is -0.313 e. The molecule has 0 amide bonds. The average molecular weight is 275 g/mol. The summed E-state index contributed by atoms with van der Waals surface area (Å²) in [4.78, 5) is 17.3. The molecular formula is C11H6ClF3N2O. The summed E-state index contributed by atoms with van der Waals surface area (Å²) in [5.41, 5.74) is -2.01. The Balaban J connectivity index is 2.73. The van der Waals surface area contributed by atoms with E-state index in [-0.39, 0.29) is 16.1 Å². The SMILES string of the molecule is O=c1[nH]cncc1-c1ccc(Cl)cc1C(F)(F)F. The molecule has 0 fully saturated rings. The van der Waals surface area contributed by atoms with Crippen molar-refractivity contribution in [1.82, 2.24) is 9.97 Å². The maximum absolute atomic E-state index is 12.9. The van der Waals surface area contributed by atoms with Crippen molar-refractivity contribution in [3.63, 3.8) is 0 Å². The molecule has 0 bridgehead atoms. The molecular weight excluding hydrogens is 269 g/mol. The molecule has 7 heteroatoms. The number of H-pyrrole nitrogens is 1. The smallest absolute Gasteiger partial charge is 0.313 e. The Hall–Kier alpha value is -1.82. The molecule has 1 aromatic heterocycles. The first-order valence-electron chi connectivity index (χ1n) is 4.79. The summed E-state index contributed by atoms with van der Waals surface area (Å²) in [5, 5.41) is -0.0496. The molecule has 18 heavy (non-hydrogen) atoms. The van der Waals surface area contributed by atoms with Crippen LogP contribution in [0.25, 0.3) is 11.1 Å². The molecule has 1 aromatic carbocycles. The zero-order valence-electron chi connectivity index (χ0n) is 8.75. The number of aromatic nitrogens is 2. The van der Waals surface area contributed by atoms with Gasteiger partial charge in [-0.25, -0.2) is 4.98 Å². The Morgan fingerprint density at radius 3 is 2.56 bits per heavy atom. The Morgan fingerprint density at radius 1 is 1.22 bits per heavy atom. The lowest BCUT2D eigenvalue weighted by Crippen LogP contribution is -2.13. The van der Waals surface area contributed by atoms with Gasteiger partial charge in [0.25, 0.3) is 5.56 Å². The van der Waals surface area contributed by atoms with Crippen molar-refractivity contribution in [2.45, 2.75) is 6.18 Å². The fraction of sp³-hybridized carbons (Fsp3) is 0.0909. The lowest BCUT2D eigenvalue weighted by atomic mass is 10.0. The van der Waals surface area contributed by atoms with Crippen LogP contribution in [0.15, 0.2) is 35.5 Å². The minimum atomic E-state index is -4.59. The third kappa shape index (κ3) is 2.38. The van der Waals surface area contributed by atoms with Gasteiger partial charge in [0.05, 0.1) is 17.5 Å². The highest BCUT2D eigenvalue weighted by molar-refractivity contribution is 6.30. The number of nitrogens with zero attached hydrogens (tertiary/aromatic N) is 1. The molecule has 0 saturated carbocycles. The van der Waals surface area contributed by atoms with Crippen molar-refractivity contribution in [1.29, 1.82) is 0 Å². The van der Waals surface area contributed by atoms with Crippen molar-refractivity contribution in [3.8, 4) is 11.1 Å². The number of aromatic amines is 1. The van der Waals surface area contributed by atoms with Crippen molar-refractivity contribution >= 4 is 11.6 Å². The maximum atomic E-state index is 12.9. The lowest BCUT2D eigenvalue weighted by Gasteiger charge is -2.12. The monoisotopic (exact) mass is 274 g/mol. The second-order valence-electron chi connectivity index (χ2n) is 3.48. The van der Waals surface area contributed by atoms with Crippen molar-refractivity contribution in [2.75, 3.05) is 0 Å². The number of rotatable bonds is 1. The van der Waals surface area contributed by atoms with E-state index in [9.17, 15) is 18.0 Å². The second kappa shape index (κ2) is 4.45. The molecule has 2 aromatic rings. The molecule has 0 aliphatic heterocycles. The first-order valence-corrected chi connectivity index (χ1v) is 5.17. The standard InChI is InChI=1S/C11H6ClF3N2O/c12-6-1-2-7(9(3-6)11(13,14)15)8-4-16-5-17-10(8)18/h1-5H,(H,16,17,18). The summed E-state index contributed by atoms with van der Waals surface area (Å²) in [6.07, 6.45) is -2.41. The van der Waals surface area contributed by atoms with E-state index < -0.39 is 17.3 Å². The van der Waals surface area contributed by atoms with Gasteiger partial charge in [0.2, 0.25) is 0 Å². The van der Waals surface area contributed by atoms with E-state index in [0.29, 0.717) is 0 Å². The normalized spacial score (nSPS) is 11.6. The van der Waals surface area contributed by atoms with Gasteiger partial charge in [-0.3, -0.25) is 4.79 Å². The lowest BCUT2D eigenvalue weighted by molar-refractivity contribution is -0.137. The molecule has 1 N–H and O–H groups in total. The third-order valence-corrected chi connectivity index (χ3v) is 2.53. The molecule has 0 radical (unpaired) electrons. The summed E-state index contributed by atoms with van der Waals surface area (Å²) in [5.74, 6) is 0. The highest BCUT2D eigenvalue weighted by Gasteiger charge is 2.34. The first kappa shape index (κ1) is 12.6. The van der Waals surface area contributed by atoms with Crippen molar-refractivity contribution < 1.29 is 13.2 Å². The van der Waals surface area contributed by atoms with E-state index in [2.05, 4.69) is 9.97 Å². The average Bonchev–Trinajstić information content (AvgIpc) is 2.29. The van der Waals surface area contributed by atoms with Gasteiger partial charge < -0.3 is 4.98 Å². The van der Waals surface area contributed by atoms with Crippen LogP contribution in [-0.4, -0.2) is 9.97 Å². The van der Waals surface area contributed by atoms with Gasteiger partial charge in [-0.1, -0.05) is 17.7 Å². The van der Waals surface area contributed by atoms with Gasteiger partial charge in [-0.2, -0.15) is 13.2 Å². The van der Waals surface area contributed by atoms with Crippen LogP contribution in [0.1, 0.15) is 5.56 Å². The Kier molecular flexibility index (Phi) is 3.13. The van der Waals surface area contributed by atoms with Crippen LogP contribution >= 0.6 is 11.6 Å². The fourth-order valence-corrected chi connectivity index (χ4v) is 1.69. The zero-order valence-corrected chi connectivity index (χ0v) is 9.51. The first-order chi connectivity index (χ1) is 8.39. The van der Waals surface area contributed by atoms with E-state index >= 15 is 0 Å². The van der Waals surface area contributed by atoms with Crippen molar-refractivity contribution in [3.05, 3.63) is 51.7 Å². The molecule has 0 spiro atoms. The van der Waals surface area contributed by atoms with Crippen LogP contribution < -0.4 is 5.56 Å². The zero-order chi connectivity index (χ0) is 13.3. The Labute approximate surface area is 104 Å². The fourth-order valence-electron chi connectivity index (χ4n) is 1.52. The summed E-state index contributed by atoms with van der Waals surface area (Å²) >= 11 is 5.55. The molecule has 0 aliphatic rings. The Morgan fingerprint density at radius 2 is 1.94 bits per heavy atom. The molecule has 0 aliphatic carbocycles. The number of halogens is 4. The second-order valence-corrected chi connectivity index (χ2v) is 3.92. The number of hydrogen-bond donors (Lipinski definition) is 1. The molecule has 0 atom stereocenters. The van der Waals surface area contributed by atoms with Crippen molar-refractivity contribution in [2.24, 2.45) is 0 Å². The number of hydrogen-bond acceptors (Lipinski definition) is 2. The summed E-state index contributed by atoms with van der Waals surface area (Å²) in [6.45, 7) is 0. The van der Waals surface area contributed by atoms with Crippen LogP contribution in [0.3, 0.4) is 0 Å². The summed E-state index contributed by atoms with van der Waals surface area (Å²) in [7, 11) is 0. The van der Waals surface area contributed by atoms with E-state index in [0.717, 1.165) is 24.7 Å². The Bertz CT molecular complexity index is 637. The number of nitrogens with one attached hydrogen (secondary N) is 1. The molecule has 1 heterocycles. The van der Waals surface area contributed by atoms with Gasteiger partial charge in [-0.15, -0.1) is 0 Å². The molecule has 94 valence electrons. The molecule has 0 saturated heterocycles. The van der Waals surface area contributed by atoms with Crippen LogP contribution in [0.2, 0.25) is 5.02 Å². The van der Waals surface area contributed by atoms with Crippen LogP contribution in [-0.2, 0) is 6.18 Å². The van der Waals surface area contributed by atoms with E-state index in [1.54, 1.807) is 0 Å². The van der Waals surface area contributed by atoms with Gasteiger partial charge in [-0.05, 0) is 12.1 Å². The molecule has 2 rings (SSSR count). The van der Waals surface area contributed by atoms with E-state index in [1.807, 2.05) is 0 Å². The predicted molar refractivity (Wildman–Crippen MR) is 60.3 cm³/mol. The van der Waals surface area contributed by atoms with Gasteiger partial charge in [0.15, 0.2) is 0 Å². The molecule has 0 unspecified atom stereocenters. The van der Waals surface area contributed by atoms with Crippen LogP contribution in [0.5, 0.6) is 0 Å². The highest BCUT2D eigenvalue weighted by Crippen LogP contribution is 2.37. The van der Waals surface area contributed by atoms with E-state index in [1.165, 1.54) is 6.07 Å². The molecule has 3 nitrogen and oxygen atoms in total. The summed E-state index contributed by atoms with van der Waals surface area (Å²) < 4.78 is 38.6. The third-order valence-electron chi connectivity index (χ3n) is 2.30.